The fraction of sp³-hybridized carbons (Fsp3) is 0.444. The SMILES string of the molecule is CN1CCN(c2cc3c4c(c2)C(=O)N(C)C(=O)C4=CCC3)CC1. The zero-order valence-corrected chi connectivity index (χ0v) is 13.6. The highest BCUT2D eigenvalue weighted by Gasteiger charge is 2.36. The molecule has 0 atom stereocenters. The number of nitrogens with zero attached hydrogens (tertiary/aromatic N) is 3. The molecule has 0 N–H and O–H groups in total. The number of amides is 2. The number of aryl methyl sites for hydroxylation is 1. The van der Waals surface area contributed by atoms with Crippen LogP contribution in [0.5, 0.6) is 0 Å². The standard InChI is InChI=1S/C18H21N3O2/c1-19-6-8-21(9-7-19)13-10-12-4-3-5-14-16(12)15(11-13)18(23)20(2)17(14)22/h5,10-11H,3-4,6-9H2,1-2H3. The number of rotatable bonds is 1. The molecule has 1 aromatic rings. The molecule has 5 heteroatoms. The van der Waals surface area contributed by atoms with Crippen molar-refractivity contribution in [2.45, 2.75) is 12.8 Å². The molecule has 0 spiro atoms. The second-order valence-electron chi connectivity index (χ2n) is 6.64. The summed E-state index contributed by atoms with van der Waals surface area (Å²) in [4.78, 5) is 30.9. The quantitative estimate of drug-likeness (QED) is 0.735. The Kier molecular flexibility index (Phi) is 3.27. The van der Waals surface area contributed by atoms with E-state index in [4.69, 9.17) is 0 Å². The summed E-state index contributed by atoms with van der Waals surface area (Å²) in [5, 5.41) is 0. The van der Waals surface area contributed by atoms with Crippen molar-refractivity contribution in [3.05, 3.63) is 34.9 Å². The largest absolute Gasteiger partial charge is 0.369 e. The van der Waals surface area contributed by atoms with E-state index in [1.165, 1.54) is 4.90 Å². The molecule has 4 rings (SSSR count). The minimum absolute atomic E-state index is 0.171. The van der Waals surface area contributed by atoms with Crippen LogP contribution in [0.2, 0.25) is 0 Å². The van der Waals surface area contributed by atoms with Crippen LogP contribution < -0.4 is 4.90 Å². The average molecular weight is 311 g/mol. The van der Waals surface area contributed by atoms with Gasteiger partial charge < -0.3 is 9.80 Å². The fourth-order valence-electron chi connectivity index (χ4n) is 3.74. The number of anilines is 1. The molecule has 2 heterocycles. The molecule has 5 nitrogen and oxygen atoms in total. The lowest BCUT2D eigenvalue weighted by Crippen LogP contribution is -2.45. The summed E-state index contributed by atoms with van der Waals surface area (Å²) in [6, 6.07) is 4.16. The first-order valence-electron chi connectivity index (χ1n) is 8.19. The van der Waals surface area contributed by atoms with E-state index in [-0.39, 0.29) is 11.8 Å². The third-order valence-electron chi connectivity index (χ3n) is 5.17. The van der Waals surface area contributed by atoms with Gasteiger partial charge in [0, 0.05) is 50.1 Å². The van der Waals surface area contributed by atoms with Crippen molar-refractivity contribution in [1.82, 2.24) is 9.80 Å². The lowest BCUT2D eigenvalue weighted by Gasteiger charge is -2.36. The number of benzene rings is 1. The van der Waals surface area contributed by atoms with Crippen LogP contribution in [0.25, 0.3) is 5.57 Å². The molecule has 0 bridgehead atoms. The molecule has 120 valence electrons. The molecule has 2 amide bonds. The molecule has 1 saturated heterocycles. The molecule has 0 saturated carbocycles. The zero-order valence-electron chi connectivity index (χ0n) is 13.6. The second-order valence-corrected chi connectivity index (χ2v) is 6.64. The second kappa shape index (κ2) is 5.20. The van der Waals surface area contributed by atoms with E-state index >= 15 is 0 Å². The van der Waals surface area contributed by atoms with Crippen LogP contribution >= 0.6 is 0 Å². The topological polar surface area (TPSA) is 43.9 Å². The van der Waals surface area contributed by atoms with E-state index in [1.807, 2.05) is 12.1 Å². The van der Waals surface area contributed by atoms with E-state index in [1.54, 1.807) is 7.05 Å². The summed E-state index contributed by atoms with van der Waals surface area (Å²) in [6.45, 7) is 4.01. The molecule has 23 heavy (non-hydrogen) atoms. The Morgan fingerprint density at radius 3 is 2.43 bits per heavy atom. The molecule has 0 radical (unpaired) electrons. The average Bonchev–Trinajstić information content (AvgIpc) is 2.58. The molecule has 2 aliphatic heterocycles. The van der Waals surface area contributed by atoms with Gasteiger partial charge in [-0.1, -0.05) is 6.08 Å². The van der Waals surface area contributed by atoms with Gasteiger partial charge in [-0.25, -0.2) is 0 Å². The molecular formula is C18H21N3O2. The maximum Gasteiger partial charge on any atom is 0.261 e. The number of hydrogen-bond acceptors (Lipinski definition) is 4. The first-order chi connectivity index (χ1) is 11.1. The highest BCUT2D eigenvalue weighted by Crippen LogP contribution is 2.38. The molecule has 1 aromatic carbocycles. The first-order valence-corrected chi connectivity index (χ1v) is 8.19. The molecule has 1 fully saturated rings. The van der Waals surface area contributed by atoms with Gasteiger partial charge in [0.2, 0.25) is 0 Å². The van der Waals surface area contributed by atoms with Crippen LogP contribution in [0.4, 0.5) is 5.69 Å². The smallest absolute Gasteiger partial charge is 0.261 e. The summed E-state index contributed by atoms with van der Waals surface area (Å²) in [6.07, 6.45) is 3.74. The molecule has 0 unspecified atom stereocenters. The van der Waals surface area contributed by atoms with Crippen LogP contribution in [-0.2, 0) is 11.2 Å². The Hall–Kier alpha value is -2.14. The van der Waals surface area contributed by atoms with Gasteiger partial charge in [-0.15, -0.1) is 0 Å². The van der Waals surface area contributed by atoms with Crippen molar-refractivity contribution in [2.24, 2.45) is 0 Å². The fourth-order valence-corrected chi connectivity index (χ4v) is 3.74. The highest BCUT2D eigenvalue weighted by molar-refractivity contribution is 6.31. The Bertz CT molecular complexity index is 730. The number of imide groups is 1. The highest BCUT2D eigenvalue weighted by atomic mass is 16.2. The van der Waals surface area contributed by atoms with Gasteiger partial charge in [0.1, 0.15) is 0 Å². The molecule has 3 aliphatic rings. The maximum atomic E-state index is 12.6. The summed E-state index contributed by atoms with van der Waals surface area (Å²) in [5.41, 5.74) is 4.52. The molecule has 0 aromatic heterocycles. The van der Waals surface area contributed by atoms with Crippen LogP contribution in [0.1, 0.15) is 27.9 Å². The first kappa shape index (κ1) is 14.5. The van der Waals surface area contributed by atoms with E-state index < -0.39 is 0 Å². The lowest BCUT2D eigenvalue weighted by molar-refractivity contribution is -0.121. The van der Waals surface area contributed by atoms with E-state index in [0.29, 0.717) is 11.1 Å². The minimum Gasteiger partial charge on any atom is -0.369 e. The van der Waals surface area contributed by atoms with Gasteiger partial charge in [0.25, 0.3) is 11.8 Å². The van der Waals surface area contributed by atoms with Gasteiger partial charge in [-0.05, 0) is 37.6 Å². The molecular weight excluding hydrogens is 290 g/mol. The molecule has 1 aliphatic carbocycles. The number of hydrogen-bond donors (Lipinski definition) is 0. The monoisotopic (exact) mass is 311 g/mol. The number of carbonyl (C=O) groups excluding carboxylic acids is 2. The maximum absolute atomic E-state index is 12.6. The van der Waals surface area contributed by atoms with Crippen molar-refractivity contribution < 1.29 is 9.59 Å². The number of allylic oxidation sites excluding steroid dienone is 1. The Morgan fingerprint density at radius 2 is 1.70 bits per heavy atom. The van der Waals surface area contributed by atoms with Crippen molar-refractivity contribution in [2.75, 3.05) is 45.2 Å². The summed E-state index contributed by atoms with van der Waals surface area (Å²) < 4.78 is 0. The normalized spacial score (nSPS) is 21.4. The third-order valence-corrected chi connectivity index (χ3v) is 5.17. The van der Waals surface area contributed by atoms with Gasteiger partial charge >= 0.3 is 0 Å². The summed E-state index contributed by atoms with van der Waals surface area (Å²) in [5.74, 6) is -0.350. The third kappa shape index (κ3) is 2.18. The van der Waals surface area contributed by atoms with Crippen LogP contribution in [-0.4, -0.2) is 61.9 Å². The van der Waals surface area contributed by atoms with Crippen molar-refractivity contribution >= 4 is 23.1 Å². The number of carbonyl (C=O) groups is 2. The summed E-state index contributed by atoms with van der Waals surface area (Å²) >= 11 is 0. The lowest BCUT2D eigenvalue weighted by atomic mass is 9.83. The Labute approximate surface area is 136 Å². The van der Waals surface area contributed by atoms with Crippen LogP contribution in [0, 0.1) is 0 Å². The van der Waals surface area contributed by atoms with E-state index in [9.17, 15) is 9.59 Å². The summed E-state index contributed by atoms with van der Waals surface area (Å²) in [7, 11) is 3.71. The van der Waals surface area contributed by atoms with Gasteiger partial charge in [0.05, 0.1) is 5.56 Å². The number of likely N-dealkylation sites (N-methyl/N-ethyl adjacent to an activating group) is 2. The predicted octanol–water partition coefficient (Wildman–Crippen LogP) is 1.38. The zero-order chi connectivity index (χ0) is 16.1. The van der Waals surface area contributed by atoms with E-state index in [2.05, 4.69) is 22.9 Å². The van der Waals surface area contributed by atoms with E-state index in [0.717, 1.165) is 55.8 Å². The van der Waals surface area contributed by atoms with Crippen molar-refractivity contribution in [1.29, 1.82) is 0 Å². The van der Waals surface area contributed by atoms with Gasteiger partial charge in [-0.3, -0.25) is 14.5 Å². The van der Waals surface area contributed by atoms with Gasteiger partial charge in [0.15, 0.2) is 0 Å². The Morgan fingerprint density at radius 1 is 0.957 bits per heavy atom. The van der Waals surface area contributed by atoms with Crippen LogP contribution in [0.15, 0.2) is 18.2 Å². The van der Waals surface area contributed by atoms with Crippen molar-refractivity contribution in [3.63, 3.8) is 0 Å². The predicted molar refractivity (Wildman–Crippen MR) is 89.6 cm³/mol. The van der Waals surface area contributed by atoms with Crippen LogP contribution in [0.3, 0.4) is 0 Å². The Balaban J connectivity index is 1.81. The number of piperazine rings is 1. The van der Waals surface area contributed by atoms with Gasteiger partial charge in [-0.2, -0.15) is 0 Å². The minimum atomic E-state index is -0.179. The van der Waals surface area contributed by atoms with Crippen molar-refractivity contribution in [3.8, 4) is 0 Å².